The van der Waals surface area contributed by atoms with Gasteiger partial charge in [-0.1, -0.05) is 11.6 Å². The number of carbonyl (C=O) groups excluding carboxylic acids is 1. The van der Waals surface area contributed by atoms with Crippen molar-refractivity contribution in [3.8, 4) is 0 Å². The van der Waals surface area contributed by atoms with Gasteiger partial charge in [-0.15, -0.1) is 0 Å². The molecule has 0 fully saturated rings. The number of nitrogens with one attached hydrogen (secondary N) is 2. The van der Waals surface area contributed by atoms with Crippen molar-refractivity contribution in [3.63, 3.8) is 0 Å². The fraction of sp³-hybridized carbons (Fsp3) is 0.118. The van der Waals surface area contributed by atoms with E-state index in [1.807, 2.05) is 0 Å². The number of hydrogen-bond acceptors (Lipinski definition) is 3. The second-order valence-electron chi connectivity index (χ2n) is 5.04. The molecule has 0 bridgehead atoms. The van der Waals surface area contributed by atoms with Crippen molar-refractivity contribution in [2.75, 3.05) is 11.9 Å². The van der Waals surface area contributed by atoms with E-state index in [0.29, 0.717) is 16.8 Å². The van der Waals surface area contributed by atoms with Crippen molar-refractivity contribution in [2.45, 2.75) is 6.92 Å². The van der Waals surface area contributed by atoms with Gasteiger partial charge in [-0.3, -0.25) is 0 Å². The molecular weight excluding hydrogens is 338 g/mol. The van der Waals surface area contributed by atoms with Crippen LogP contribution >= 0.6 is 11.6 Å². The first-order chi connectivity index (χ1) is 11.5. The van der Waals surface area contributed by atoms with Gasteiger partial charge in [-0.2, -0.15) is 0 Å². The van der Waals surface area contributed by atoms with Crippen LogP contribution in [0.2, 0.25) is 5.02 Å². The molecule has 124 valence electrons. The smallest absolute Gasteiger partial charge is 0.354 e. The fourth-order valence-corrected chi connectivity index (χ4v) is 2.52. The van der Waals surface area contributed by atoms with E-state index in [9.17, 15) is 13.6 Å². The van der Waals surface area contributed by atoms with Gasteiger partial charge in [0.2, 0.25) is 0 Å². The number of aromatic amines is 1. The molecule has 0 saturated heterocycles. The van der Waals surface area contributed by atoms with E-state index in [1.54, 1.807) is 6.92 Å². The summed E-state index contributed by atoms with van der Waals surface area (Å²) >= 11 is 5.76. The molecule has 0 amide bonds. The molecule has 3 rings (SSSR count). The number of hydrogen-bond donors (Lipinski definition) is 2. The number of ether oxygens (including phenoxy) is 1. The summed E-state index contributed by atoms with van der Waals surface area (Å²) < 4.78 is 32.2. The summed E-state index contributed by atoms with van der Waals surface area (Å²) in [5.74, 6) is -1.59. The molecule has 0 unspecified atom stereocenters. The minimum absolute atomic E-state index is 0.0281. The Morgan fingerprint density at radius 3 is 2.67 bits per heavy atom. The zero-order chi connectivity index (χ0) is 17.3. The average Bonchev–Trinajstić information content (AvgIpc) is 3.00. The second-order valence-corrected chi connectivity index (χ2v) is 5.45. The molecule has 4 nitrogen and oxygen atoms in total. The van der Waals surface area contributed by atoms with Gasteiger partial charge < -0.3 is 15.0 Å². The Morgan fingerprint density at radius 1 is 1.21 bits per heavy atom. The highest BCUT2D eigenvalue weighted by molar-refractivity contribution is 6.31. The number of anilines is 2. The van der Waals surface area contributed by atoms with Gasteiger partial charge in [-0.05, 0) is 43.3 Å². The maximum atomic E-state index is 14.0. The highest BCUT2D eigenvalue weighted by Crippen LogP contribution is 2.30. The zero-order valence-corrected chi connectivity index (χ0v) is 13.4. The van der Waals surface area contributed by atoms with Crippen LogP contribution in [0.4, 0.5) is 20.2 Å². The Kier molecular flexibility index (Phi) is 4.40. The third-order valence-corrected chi connectivity index (χ3v) is 3.73. The molecule has 0 aliphatic heterocycles. The van der Waals surface area contributed by atoms with Crippen LogP contribution in [0.5, 0.6) is 0 Å². The fourth-order valence-electron chi connectivity index (χ4n) is 2.34. The van der Waals surface area contributed by atoms with Crippen molar-refractivity contribution < 1.29 is 18.3 Å². The van der Waals surface area contributed by atoms with E-state index in [4.69, 9.17) is 16.3 Å². The lowest BCUT2D eigenvalue weighted by molar-refractivity contribution is 0.0520. The number of halogens is 3. The zero-order valence-electron chi connectivity index (χ0n) is 12.6. The first-order valence-corrected chi connectivity index (χ1v) is 7.58. The number of fused-ring (bicyclic) bond motifs is 1. The summed E-state index contributed by atoms with van der Waals surface area (Å²) in [5.41, 5.74) is 1.41. The highest BCUT2D eigenvalue weighted by Gasteiger charge is 2.15. The molecule has 2 aromatic carbocycles. The minimum atomic E-state index is -0.566. The molecule has 1 aromatic heterocycles. The van der Waals surface area contributed by atoms with Crippen LogP contribution in [0.1, 0.15) is 17.4 Å². The van der Waals surface area contributed by atoms with Gasteiger partial charge in [-0.25, -0.2) is 13.6 Å². The van der Waals surface area contributed by atoms with Gasteiger partial charge in [0.1, 0.15) is 17.3 Å². The molecule has 0 spiro atoms. The summed E-state index contributed by atoms with van der Waals surface area (Å²) in [4.78, 5) is 14.5. The van der Waals surface area contributed by atoms with Crippen LogP contribution in [-0.2, 0) is 4.74 Å². The number of aromatic nitrogens is 1. The van der Waals surface area contributed by atoms with E-state index < -0.39 is 17.6 Å². The Balaban J connectivity index is 2.02. The van der Waals surface area contributed by atoms with Crippen molar-refractivity contribution in [1.29, 1.82) is 0 Å². The maximum absolute atomic E-state index is 14.0. The van der Waals surface area contributed by atoms with Gasteiger partial charge >= 0.3 is 5.97 Å². The van der Waals surface area contributed by atoms with Crippen LogP contribution < -0.4 is 5.32 Å². The molecule has 0 aliphatic carbocycles. The molecule has 0 aliphatic rings. The summed E-state index contributed by atoms with van der Waals surface area (Å²) in [7, 11) is 0. The molecule has 0 saturated carbocycles. The lowest BCUT2D eigenvalue weighted by Gasteiger charge is -2.09. The number of H-pyrrole nitrogens is 1. The lowest BCUT2D eigenvalue weighted by Crippen LogP contribution is -2.04. The first-order valence-electron chi connectivity index (χ1n) is 7.20. The summed E-state index contributed by atoms with van der Waals surface area (Å²) in [6.07, 6.45) is 0. The van der Waals surface area contributed by atoms with Crippen LogP contribution in [-0.4, -0.2) is 17.6 Å². The van der Waals surface area contributed by atoms with Crippen LogP contribution in [0.15, 0.2) is 36.4 Å². The van der Waals surface area contributed by atoms with E-state index in [-0.39, 0.29) is 22.8 Å². The summed E-state index contributed by atoms with van der Waals surface area (Å²) in [6, 6.07) is 8.45. The number of rotatable bonds is 4. The van der Waals surface area contributed by atoms with Crippen LogP contribution in [0.3, 0.4) is 0 Å². The summed E-state index contributed by atoms with van der Waals surface area (Å²) in [6.45, 7) is 1.91. The topological polar surface area (TPSA) is 54.1 Å². The predicted octanol–water partition coefficient (Wildman–Crippen LogP) is 5.02. The Labute approximate surface area is 141 Å². The molecule has 1 heterocycles. The molecule has 3 aromatic rings. The number of benzene rings is 2. The minimum Gasteiger partial charge on any atom is -0.461 e. The third kappa shape index (κ3) is 3.05. The van der Waals surface area contributed by atoms with E-state index in [2.05, 4.69) is 10.3 Å². The largest absolute Gasteiger partial charge is 0.461 e. The number of esters is 1. The van der Waals surface area contributed by atoms with Crippen molar-refractivity contribution in [3.05, 3.63) is 58.7 Å². The Hall–Kier alpha value is -2.60. The molecular formula is C17H13ClF2N2O2. The molecule has 0 atom stereocenters. The Bertz CT molecular complexity index is 924. The van der Waals surface area contributed by atoms with Gasteiger partial charge in [0.25, 0.3) is 0 Å². The van der Waals surface area contributed by atoms with Crippen LogP contribution in [0, 0.1) is 11.6 Å². The first kappa shape index (κ1) is 16.3. The number of carbonyl (C=O) groups is 1. The van der Waals surface area contributed by atoms with Crippen molar-refractivity contribution in [1.82, 2.24) is 4.98 Å². The predicted molar refractivity (Wildman–Crippen MR) is 88.9 cm³/mol. The Morgan fingerprint density at radius 2 is 1.96 bits per heavy atom. The van der Waals surface area contributed by atoms with E-state index in [1.165, 1.54) is 36.4 Å². The normalized spacial score (nSPS) is 10.8. The van der Waals surface area contributed by atoms with E-state index in [0.717, 1.165) is 0 Å². The monoisotopic (exact) mass is 350 g/mol. The highest BCUT2D eigenvalue weighted by atomic mass is 35.5. The third-order valence-electron chi connectivity index (χ3n) is 3.44. The van der Waals surface area contributed by atoms with Crippen LogP contribution in [0.25, 0.3) is 10.9 Å². The summed E-state index contributed by atoms with van der Waals surface area (Å²) in [5, 5.41) is 3.48. The molecule has 24 heavy (non-hydrogen) atoms. The van der Waals surface area contributed by atoms with Crippen molar-refractivity contribution >= 4 is 39.8 Å². The average molecular weight is 351 g/mol. The standard InChI is InChI=1S/C17H13ClF2N2O2/c1-2-24-17(23)15-8-10-14(6-5-13(20)16(10)22-15)21-9-3-4-12(19)11(18)7-9/h3-8,21-22H,2H2,1H3. The molecule has 0 radical (unpaired) electrons. The lowest BCUT2D eigenvalue weighted by atomic mass is 10.2. The maximum Gasteiger partial charge on any atom is 0.354 e. The van der Waals surface area contributed by atoms with Gasteiger partial charge in [0.15, 0.2) is 0 Å². The van der Waals surface area contributed by atoms with E-state index >= 15 is 0 Å². The van der Waals surface area contributed by atoms with Gasteiger partial charge in [0, 0.05) is 16.8 Å². The van der Waals surface area contributed by atoms with Crippen molar-refractivity contribution in [2.24, 2.45) is 0 Å². The SMILES string of the molecule is CCOC(=O)c1cc2c(Nc3ccc(F)c(Cl)c3)ccc(F)c2[nH]1. The molecule has 7 heteroatoms. The quantitative estimate of drug-likeness (QED) is 0.649. The second kappa shape index (κ2) is 6.49. The van der Waals surface area contributed by atoms with Gasteiger partial charge in [0.05, 0.1) is 17.1 Å². The molecule has 2 N–H and O–H groups in total.